The van der Waals surface area contributed by atoms with Crippen LogP contribution in [0.25, 0.3) is 0 Å². The van der Waals surface area contributed by atoms with Crippen molar-refractivity contribution in [1.82, 2.24) is 15.6 Å². The van der Waals surface area contributed by atoms with Gasteiger partial charge < -0.3 is 15.4 Å². The molecule has 0 radical (unpaired) electrons. The Morgan fingerprint density at radius 3 is 2.41 bits per heavy atom. The van der Waals surface area contributed by atoms with Crippen molar-refractivity contribution < 1.29 is 14.3 Å². The van der Waals surface area contributed by atoms with Crippen LogP contribution < -0.4 is 15.4 Å². The largest absolute Gasteiger partial charge is 0.487 e. The monoisotopic (exact) mass is 369 g/mol. The third-order valence-electron chi connectivity index (χ3n) is 3.84. The predicted octanol–water partition coefficient (Wildman–Crippen LogP) is 2.83. The molecule has 0 aliphatic rings. The van der Waals surface area contributed by atoms with E-state index in [0.29, 0.717) is 19.7 Å². The summed E-state index contributed by atoms with van der Waals surface area (Å²) in [6.07, 6.45) is 1.99. The summed E-state index contributed by atoms with van der Waals surface area (Å²) < 4.78 is 5.69. The van der Waals surface area contributed by atoms with Crippen molar-refractivity contribution in [3.63, 3.8) is 0 Å². The van der Waals surface area contributed by atoms with Gasteiger partial charge in [-0.1, -0.05) is 39.0 Å². The van der Waals surface area contributed by atoms with Crippen LogP contribution in [0.4, 0.5) is 0 Å². The maximum atomic E-state index is 11.9. The fourth-order valence-electron chi connectivity index (χ4n) is 2.19. The van der Waals surface area contributed by atoms with E-state index >= 15 is 0 Å². The van der Waals surface area contributed by atoms with E-state index in [9.17, 15) is 9.59 Å². The number of amides is 2. The SMILES string of the molecule is CC(C)(C)C(=O)NCCC(=O)NCc1ccc(OCc2ccccn2)cc1. The van der Waals surface area contributed by atoms with Crippen LogP contribution in [0.2, 0.25) is 0 Å². The molecule has 1 heterocycles. The molecule has 6 nitrogen and oxygen atoms in total. The number of ether oxygens (including phenoxy) is 1. The Balaban J connectivity index is 1.68. The van der Waals surface area contributed by atoms with E-state index in [-0.39, 0.29) is 18.2 Å². The van der Waals surface area contributed by atoms with Crippen molar-refractivity contribution in [2.45, 2.75) is 40.3 Å². The zero-order valence-corrected chi connectivity index (χ0v) is 16.1. The van der Waals surface area contributed by atoms with E-state index in [1.165, 1.54) is 0 Å². The second kappa shape index (κ2) is 9.71. The van der Waals surface area contributed by atoms with Crippen LogP contribution in [0, 0.1) is 5.41 Å². The minimum Gasteiger partial charge on any atom is -0.487 e. The van der Waals surface area contributed by atoms with Gasteiger partial charge in [-0.2, -0.15) is 0 Å². The Morgan fingerprint density at radius 2 is 1.78 bits per heavy atom. The number of carbonyl (C=O) groups is 2. The first-order valence-corrected chi connectivity index (χ1v) is 9.01. The Morgan fingerprint density at radius 1 is 1.04 bits per heavy atom. The van der Waals surface area contributed by atoms with Gasteiger partial charge >= 0.3 is 0 Å². The van der Waals surface area contributed by atoms with Crippen LogP contribution in [0.15, 0.2) is 48.7 Å². The number of benzene rings is 1. The molecule has 1 aromatic carbocycles. The fourth-order valence-corrected chi connectivity index (χ4v) is 2.19. The van der Waals surface area contributed by atoms with Crippen LogP contribution in [0.3, 0.4) is 0 Å². The van der Waals surface area contributed by atoms with E-state index in [1.54, 1.807) is 6.20 Å². The van der Waals surface area contributed by atoms with Crippen LogP contribution in [0.5, 0.6) is 5.75 Å². The van der Waals surface area contributed by atoms with Crippen LogP contribution in [-0.4, -0.2) is 23.3 Å². The first-order chi connectivity index (χ1) is 12.8. The van der Waals surface area contributed by atoms with Gasteiger partial charge in [0, 0.05) is 31.1 Å². The molecule has 0 atom stereocenters. The minimum absolute atomic E-state index is 0.0587. The van der Waals surface area contributed by atoms with Gasteiger partial charge in [0.2, 0.25) is 11.8 Å². The molecule has 0 saturated heterocycles. The summed E-state index contributed by atoms with van der Waals surface area (Å²) in [6.45, 7) is 6.70. The zero-order valence-electron chi connectivity index (χ0n) is 16.1. The molecule has 2 aromatic rings. The van der Waals surface area contributed by atoms with Gasteiger partial charge in [-0.15, -0.1) is 0 Å². The number of pyridine rings is 1. The highest BCUT2D eigenvalue weighted by atomic mass is 16.5. The van der Waals surface area contributed by atoms with E-state index in [1.807, 2.05) is 63.2 Å². The lowest BCUT2D eigenvalue weighted by atomic mass is 9.96. The van der Waals surface area contributed by atoms with E-state index in [4.69, 9.17) is 4.74 Å². The number of rotatable bonds is 8. The molecule has 27 heavy (non-hydrogen) atoms. The van der Waals surface area contributed by atoms with E-state index in [0.717, 1.165) is 17.0 Å². The second-order valence-electron chi connectivity index (χ2n) is 7.29. The third kappa shape index (κ3) is 7.48. The summed E-state index contributed by atoms with van der Waals surface area (Å²) in [5.74, 6) is 0.594. The highest BCUT2D eigenvalue weighted by Gasteiger charge is 2.20. The molecular formula is C21H27N3O3. The Kier molecular flexibility index (Phi) is 7.34. The van der Waals surface area contributed by atoms with Crippen molar-refractivity contribution in [3.05, 3.63) is 59.9 Å². The average molecular weight is 369 g/mol. The first-order valence-electron chi connectivity index (χ1n) is 9.01. The molecule has 2 rings (SSSR count). The smallest absolute Gasteiger partial charge is 0.225 e. The van der Waals surface area contributed by atoms with Gasteiger partial charge in [0.1, 0.15) is 12.4 Å². The molecule has 0 aliphatic heterocycles. The fraction of sp³-hybridized carbons (Fsp3) is 0.381. The number of nitrogens with zero attached hydrogens (tertiary/aromatic N) is 1. The number of carbonyl (C=O) groups excluding carboxylic acids is 2. The highest BCUT2D eigenvalue weighted by Crippen LogP contribution is 2.14. The van der Waals surface area contributed by atoms with Gasteiger partial charge in [0.05, 0.1) is 5.69 Å². The zero-order chi connectivity index (χ0) is 19.7. The van der Waals surface area contributed by atoms with Gasteiger partial charge in [-0.25, -0.2) is 0 Å². The van der Waals surface area contributed by atoms with Gasteiger partial charge in [-0.05, 0) is 29.8 Å². The third-order valence-corrected chi connectivity index (χ3v) is 3.84. The number of hydrogen-bond acceptors (Lipinski definition) is 4. The Hall–Kier alpha value is -2.89. The number of aromatic nitrogens is 1. The molecule has 0 aliphatic carbocycles. The normalized spacial score (nSPS) is 10.9. The lowest BCUT2D eigenvalue weighted by molar-refractivity contribution is -0.128. The summed E-state index contributed by atoms with van der Waals surface area (Å²) >= 11 is 0. The van der Waals surface area contributed by atoms with Gasteiger partial charge in [0.25, 0.3) is 0 Å². The minimum atomic E-state index is -0.448. The summed E-state index contributed by atoms with van der Waals surface area (Å²) in [7, 11) is 0. The van der Waals surface area contributed by atoms with Gasteiger partial charge in [0.15, 0.2) is 0 Å². The molecule has 6 heteroatoms. The molecule has 0 saturated carbocycles. The quantitative estimate of drug-likeness (QED) is 0.750. The Bertz CT molecular complexity index is 738. The predicted molar refractivity (Wildman–Crippen MR) is 104 cm³/mol. The van der Waals surface area contributed by atoms with Crippen LogP contribution in [-0.2, 0) is 22.7 Å². The lowest BCUT2D eigenvalue weighted by Gasteiger charge is -2.17. The van der Waals surface area contributed by atoms with Crippen LogP contribution in [0.1, 0.15) is 38.4 Å². The number of nitrogens with one attached hydrogen (secondary N) is 2. The van der Waals surface area contributed by atoms with Gasteiger partial charge in [-0.3, -0.25) is 14.6 Å². The molecule has 2 amide bonds. The molecule has 0 unspecified atom stereocenters. The summed E-state index contributed by atoms with van der Waals surface area (Å²) in [5, 5.41) is 5.61. The summed E-state index contributed by atoms with van der Waals surface area (Å²) in [4.78, 5) is 27.8. The molecule has 0 bridgehead atoms. The first kappa shape index (κ1) is 20.4. The van der Waals surface area contributed by atoms with Crippen molar-refractivity contribution in [3.8, 4) is 5.75 Å². The molecule has 1 aromatic heterocycles. The highest BCUT2D eigenvalue weighted by molar-refractivity contribution is 5.82. The standard InChI is InChI=1S/C21H27N3O3/c1-21(2,3)20(26)23-13-11-19(25)24-14-16-7-9-18(10-8-16)27-15-17-6-4-5-12-22-17/h4-10,12H,11,13-15H2,1-3H3,(H,23,26)(H,24,25). The molecular weight excluding hydrogens is 342 g/mol. The molecule has 144 valence electrons. The van der Waals surface area contributed by atoms with Crippen molar-refractivity contribution in [1.29, 1.82) is 0 Å². The second-order valence-corrected chi connectivity index (χ2v) is 7.29. The lowest BCUT2D eigenvalue weighted by Crippen LogP contribution is -2.37. The average Bonchev–Trinajstić information content (AvgIpc) is 2.65. The van der Waals surface area contributed by atoms with Crippen molar-refractivity contribution in [2.75, 3.05) is 6.54 Å². The van der Waals surface area contributed by atoms with Crippen LogP contribution >= 0.6 is 0 Å². The van der Waals surface area contributed by atoms with E-state index < -0.39 is 5.41 Å². The Labute approximate surface area is 160 Å². The summed E-state index contributed by atoms with van der Waals surface area (Å²) in [6, 6.07) is 13.3. The number of hydrogen-bond donors (Lipinski definition) is 2. The molecule has 0 fully saturated rings. The van der Waals surface area contributed by atoms with Crippen molar-refractivity contribution in [2.24, 2.45) is 5.41 Å². The maximum absolute atomic E-state index is 11.9. The summed E-state index contributed by atoms with van der Waals surface area (Å²) in [5.41, 5.74) is 1.40. The van der Waals surface area contributed by atoms with Crippen molar-refractivity contribution >= 4 is 11.8 Å². The topological polar surface area (TPSA) is 80.3 Å². The molecule has 0 spiro atoms. The maximum Gasteiger partial charge on any atom is 0.225 e. The molecule has 2 N–H and O–H groups in total. The van der Waals surface area contributed by atoms with E-state index in [2.05, 4.69) is 15.6 Å².